The Labute approximate surface area is 186 Å². The first-order valence-electron chi connectivity index (χ1n) is 9.84. The number of carbonyl (C=O) groups excluding carboxylic acids is 1. The number of hydrogen-bond acceptors (Lipinski definition) is 5. The summed E-state index contributed by atoms with van der Waals surface area (Å²) in [5.41, 5.74) is 4.70. The fourth-order valence-corrected chi connectivity index (χ4v) is 4.01. The summed E-state index contributed by atoms with van der Waals surface area (Å²) < 4.78 is 30.5. The van der Waals surface area contributed by atoms with Crippen molar-refractivity contribution in [3.63, 3.8) is 0 Å². The molecule has 160 valence electrons. The lowest BCUT2D eigenvalue weighted by Crippen LogP contribution is -2.17. The summed E-state index contributed by atoms with van der Waals surface area (Å²) in [5, 5.41) is 5.70. The SMILES string of the molecule is Cc1ccc(C(=O)N/N=C/c2ccc(OS(=O)(=O)c3ccc4ccccc4c3)cc2)cc1. The Morgan fingerprint density at radius 1 is 0.875 bits per heavy atom. The zero-order valence-electron chi connectivity index (χ0n) is 17.2. The fourth-order valence-electron chi connectivity index (χ4n) is 3.04. The molecule has 1 amide bonds. The summed E-state index contributed by atoms with van der Waals surface area (Å²) in [6, 6.07) is 25.9. The number of fused-ring (bicyclic) bond motifs is 1. The maximum Gasteiger partial charge on any atom is 0.339 e. The maximum absolute atomic E-state index is 12.6. The van der Waals surface area contributed by atoms with E-state index in [0.717, 1.165) is 16.3 Å². The molecule has 0 aliphatic rings. The minimum absolute atomic E-state index is 0.0839. The average molecular weight is 445 g/mol. The van der Waals surface area contributed by atoms with Crippen LogP contribution < -0.4 is 9.61 Å². The summed E-state index contributed by atoms with van der Waals surface area (Å²) in [5.74, 6) is -0.137. The van der Waals surface area contributed by atoms with Gasteiger partial charge in [-0.25, -0.2) is 5.43 Å². The van der Waals surface area contributed by atoms with Gasteiger partial charge in [-0.1, -0.05) is 48.0 Å². The molecule has 0 unspecified atom stereocenters. The van der Waals surface area contributed by atoms with Crippen LogP contribution in [0.15, 0.2) is 101 Å². The van der Waals surface area contributed by atoms with Gasteiger partial charge in [0.15, 0.2) is 0 Å². The Bertz CT molecular complexity index is 1390. The van der Waals surface area contributed by atoms with Crippen LogP contribution in [0.1, 0.15) is 21.5 Å². The molecule has 0 aromatic heterocycles. The van der Waals surface area contributed by atoms with Crippen LogP contribution in [-0.2, 0) is 10.1 Å². The smallest absolute Gasteiger partial charge is 0.339 e. The van der Waals surface area contributed by atoms with Gasteiger partial charge in [0.1, 0.15) is 10.6 Å². The Morgan fingerprint density at radius 2 is 1.56 bits per heavy atom. The second kappa shape index (κ2) is 9.03. The standard InChI is InChI=1S/C25H20N2O4S/c1-18-6-10-21(11-7-18)25(28)27-26-17-19-8-13-23(14-9-19)31-32(29,30)24-15-12-20-4-2-3-5-22(20)16-24/h2-17H,1H3,(H,27,28)/b26-17+. The Hall–Kier alpha value is -3.97. The van der Waals surface area contributed by atoms with Crippen LogP contribution in [0.2, 0.25) is 0 Å². The Kier molecular flexibility index (Phi) is 6.00. The zero-order chi connectivity index (χ0) is 22.6. The van der Waals surface area contributed by atoms with Gasteiger partial charge in [0.05, 0.1) is 6.21 Å². The lowest BCUT2D eigenvalue weighted by molar-refractivity contribution is 0.0955. The molecule has 0 aliphatic heterocycles. The first-order chi connectivity index (χ1) is 15.4. The van der Waals surface area contributed by atoms with Gasteiger partial charge >= 0.3 is 10.1 Å². The van der Waals surface area contributed by atoms with Crippen molar-refractivity contribution in [2.75, 3.05) is 0 Å². The second-order valence-electron chi connectivity index (χ2n) is 7.18. The third-order valence-electron chi connectivity index (χ3n) is 4.79. The van der Waals surface area contributed by atoms with Crippen molar-refractivity contribution < 1.29 is 17.4 Å². The summed E-state index contributed by atoms with van der Waals surface area (Å²) >= 11 is 0. The van der Waals surface area contributed by atoms with Crippen molar-refractivity contribution in [2.24, 2.45) is 5.10 Å². The topological polar surface area (TPSA) is 84.8 Å². The summed E-state index contributed by atoms with van der Waals surface area (Å²) in [4.78, 5) is 12.1. The molecule has 1 N–H and O–H groups in total. The molecule has 0 atom stereocenters. The summed E-state index contributed by atoms with van der Waals surface area (Å²) in [7, 11) is -3.97. The highest BCUT2D eigenvalue weighted by Gasteiger charge is 2.17. The number of rotatable bonds is 6. The highest BCUT2D eigenvalue weighted by Crippen LogP contribution is 2.23. The molecule has 0 bridgehead atoms. The number of hydrogen-bond donors (Lipinski definition) is 1. The lowest BCUT2D eigenvalue weighted by atomic mass is 10.1. The molecule has 4 aromatic carbocycles. The fraction of sp³-hybridized carbons (Fsp3) is 0.0400. The molecule has 0 spiro atoms. The molecular weight excluding hydrogens is 424 g/mol. The van der Waals surface area contributed by atoms with Crippen LogP contribution in [0.4, 0.5) is 0 Å². The Balaban J connectivity index is 1.41. The third kappa shape index (κ3) is 5.01. The first-order valence-corrected chi connectivity index (χ1v) is 11.2. The van der Waals surface area contributed by atoms with Crippen LogP contribution >= 0.6 is 0 Å². The van der Waals surface area contributed by atoms with Gasteiger partial charge in [0.2, 0.25) is 0 Å². The van der Waals surface area contributed by atoms with Gasteiger partial charge in [-0.2, -0.15) is 13.5 Å². The van der Waals surface area contributed by atoms with E-state index in [-0.39, 0.29) is 16.6 Å². The quantitative estimate of drug-likeness (QED) is 0.266. The number of nitrogens with zero attached hydrogens (tertiary/aromatic N) is 1. The van der Waals surface area contributed by atoms with Gasteiger partial charge in [0, 0.05) is 5.56 Å². The third-order valence-corrected chi connectivity index (χ3v) is 6.03. The van der Waals surface area contributed by atoms with E-state index >= 15 is 0 Å². The highest BCUT2D eigenvalue weighted by atomic mass is 32.2. The molecule has 0 fully saturated rings. The van der Waals surface area contributed by atoms with E-state index in [1.54, 1.807) is 36.4 Å². The van der Waals surface area contributed by atoms with E-state index in [2.05, 4.69) is 10.5 Å². The highest BCUT2D eigenvalue weighted by molar-refractivity contribution is 7.87. The number of benzene rings is 4. The van der Waals surface area contributed by atoms with Crippen LogP contribution in [0.3, 0.4) is 0 Å². The van der Waals surface area contributed by atoms with Crippen LogP contribution in [0.5, 0.6) is 5.75 Å². The van der Waals surface area contributed by atoms with E-state index in [9.17, 15) is 13.2 Å². The summed E-state index contributed by atoms with van der Waals surface area (Å²) in [6.45, 7) is 1.94. The molecule has 0 aliphatic carbocycles. The molecule has 0 saturated heterocycles. The largest absolute Gasteiger partial charge is 0.379 e. The van der Waals surface area contributed by atoms with E-state index in [4.69, 9.17) is 4.18 Å². The molecule has 7 heteroatoms. The normalized spacial score (nSPS) is 11.5. The van der Waals surface area contributed by atoms with Gasteiger partial charge in [-0.3, -0.25) is 4.79 Å². The molecule has 0 radical (unpaired) electrons. The van der Waals surface area contributed by atoms with Crippen molar-refractivity contribution in [1.82, 2.24) is 5.43 Å². The van der Waals surface area contributed by atoms with Gasteiger partial charge in [-0.15, -0.1) is 0 Å². The van der Waals surface area contributed by atoms with E-state index in [0.29, 0.717) is 11.1 Å². The Morgan fingerprint density at radius 3 is 2.28 bits per heavy atom. The van der Waals surface area contributed by atoms with Crippen LogP contribution in [0.25, 0.3) is 10.8 Å². The van der Waals surface area contributed by atoms with Crippen LogP contribution in [0, 0.1) is 6.92 Å². The lowest BCUT2D eigenvalue weighted by Gasteiger charge is -2.08. The van der Waals surface area contributed by atoms with Gasteiger partial charge in [-0.05, 0) is 71.8 Å². The second-order valence-corrected chi connectivity index (χ2v) is 8.73. The molecule has 0 heterocycles. The molecule has 6 nitrogen and oxygen atoms in total. The maximum atomic E-state index is 12.6. The number of hydrazone groups is 1. The molecule has 4 aromatic rings. The van der Waals surface area contributed by atoms with Crippen molar-refractivity contribution in [3.05, 3.63) is 108 Å². The van der Waals surface area contributed by atoms with Gasteiger partial charge < -0.3 is 4.18 Å². The number of nitrogens with one attached hydrogen (secondary N) is 1. The number of carbonyl (C=O) groups is 1. The molecular formula is C25H20N2O4S. The first kappa shape index (κ1) is 21.3. The monoisotopic (exact) mass is 444 g/mol. The van der Waals surface area contributed by atoms with Crippen LogP contribution in [-0.4, -0.2) is 20.5 Å². The minimum Gasteiger partial charge on any atom is -0.379 e. The zero-order valence-corrected chi connectivity index (χ0v) is 18.0. The van der Waals surface area contributed by atoms with E-state index in [1.807, 2.05) is 43.3 Å². The van der Waals surface area contributed by atoms with E-state index in [1.165, 1.54) is 24.4 Å². The molecule has 0 saturated carbocycles. The van der Waals surface area contributed by atoms with Crippen molar-refractivity contribution in [3.8, 4) is 5.75 Å². The minimum atomic E-state index is -3.97. The molecule has 32 heavy (non-hydrogen) atoms. The van der Waals surface area contributed by atoms with Crippen molar-refractivity contribution in [2.45, 2.75) is 11.8 Å². The molecule has 4 rings (SSSR count). The number of aryl methyl sites for hydroxylation is 1. The van der Waals surface area contributed by atoms with E-state index < -0.39 is 10.1 Å². The van der Waals surface area contributed by atoms with Crippen molar-refractivity contribution >= 4 is 33.0 Å². The average Bonchev–Trinajstić information content (AvgIpc) is 2.80. The predicted molar refractivity (Wildman–Crippen MR) is 124 cm³/mol. The summed E-state index contributed by atoms with van der Waals surface area (Å²) in [6.07, 6.45) is 1.47. The predicted octanol–water partition coefficient (Wildman–Crippen LogP) is 4.68. The van der Waals surface area contributed by atoms with Gasteiger partial charge in [0.25, 0.3) is 5.91 Å². The van der Waals surface area contributed by atoms with Crippen molar-refractivity contribution in [1.29, 1.82) is 0 Å². The number of amides is 1.